The van der Waals surface area contributed by atoms with Crippen LogP contribution in [0.4, 0.5) is 4.79 Å². The lowest BCUT2D eigenvalue weighted by molar-refractivity contribution is -0.129. The van der Waals surface area contributed by atoms with Gasteiger partial charge in [0.1, 0.15) is 5.54 Å². The fourth-order valence-electron chi connectivity index (χ4n) is 4.20. The van der Waals surface area contributed by atoms with Crippen LogP contribution in [-0.4, -0.2) is 67.8 Å². The van der Waals surface area contributed by atoms with Crippen LogP contribution in [0.5, 0.6) is 0 Å². The van der Waals surface area contributed by atoms with Crippen LogP contribution in [0.2, 0.25) is 0 Å². The van der Waals surface area contributed by atoms with Crippen molar-refractivity contribution in [3.63, 3.8) is 0 Å². The SMILES string of the molecule is Cc1c(-c2cc(C(=O)N3CCC4(CC3)C(=O)NC(=O)N4CC(C)C)no2)cnn1C. The van der Waals surface area contributed by atoms with E-state index in [2.05, 4.69) is 15.6 Å². The summed E-state index contributed by atoms with van der Waals surface area (Å²) in [5.74, 6) is 0.210. The maximum absolute atomic E-state index is 12.9. The first kappa shape index (κ1) is 20.1. The highest BCUT2D eigenvalue weighted by atomic mass is 16.5. The Hall–Kier alpha value is -3.17. The number of amides is 4. The van der Waals surface area contributed by atoms with Crippen molar-refractivity contribution in [2.24, 2.45) is 13.0 Å². The van der Waals surface area contributed by atoms with Crippen molar-refractivity contribution in [3.05, 3.63) is 23.7 Å². The maximum Gasteiger partial charge on any atom is 0.325 e. The van der Waals surface area contributed by atoms with Gasteiger partial charge in [-0.05, 0) is 25.7 Å². The van der Waals surface area contributed by atoms with Gasteiger partial charge in [-0.15, -0.1) is 0 Å². The van der Waals surface area contributed by atoms with Crippen LogP contribution in [0.25, 0.3) is 11.3 Å². The molecule has 1 spiro atoms. The van der Waals surface area contributed by atoms with E-state index in [0.29, 0.717) is 38.2 Å². The molecule has 0 radical (unpaired) electrons. The Bertz CT molecular complexity index is 999. The molecule has 0 unspecified atom stereocenters. The number of piperidine rings is 1. The first-order chi connectivity index (χ1) is 14.2. The van der Waals surface area contributed by atoms with Gasteiger partial charge in [-0.25, -0.2) is 4.79 Å². The Labute approximate surface area is 174 Å². The van der Waals surface area contributed by atoms with Crippen LogP contribution in [0.1, 0.15) is 42.9 Å². The summed E-state index contributed by atoms with van der Waals surface area (Å²) in [6.07, 6.45) is 2.47. The topological polar surface area (TPSA) is 114 Å². The second-order valence-electron chi connectivity index (χ2n) is 8.43. The van der Waals surface area contributed by atoms with Gasteiger partial charge in [-0.2, -0.15) is 5.10 Å². The van der Waals surface area contributed by atoms with E-state index in [9.17, 15) is 14.4 Å². The molecule has 0 aromatic carbocycles. The number of imide groups is 1. The van der Waals surface area contributed by atoms with Gasteiger partial charge in [-0.3, -0.25) is 19.6 Å². The maximum atomic E-state index is 12.9. The minimum atomic E-state index is -0.875. The van der Waals surface area contributed by atoms with Gasteiger partial charge in [-0.1, -0.05) is 19.0 Å². The van der Waals surface area contributed by atoms with E-state index in [1.54, 1.807) is 26.7 Å². The highest BCUT2D eigenvalue weighted by Crippen LogP contribution is 2.34. The van der Waals surface area contributed by atoms with Crippen molar-refractivity contribution in [2.45, 2.75) is 39.2 Å². The predicted octanol–water partition coefficient (Wildman–Crippen LogP) is 1.57. The molecule has 0 saturated carbocycles. The molecular weight excluding hydrogens is 388 g/mol. The summed E-state index contributed by atoms with van der Waals surface area (Å²) >= 11 is 0. The van der Waals surface area contributed by atoms with Crippen LogP contribution in [0, 0.1) is 12.8 Å². The highest BCUT2D eigenvalue weighted by molar-refractivity contribution is 6.07. The largest absolute Gasteiger partial charge is 0.355 e. The molecule has 2 fully saturated rings. The molecule has 4 rings (SSSR count). The summed E-state index contributed by atoms with van der Waals surface area (Å²) < 4.78 is 7.10. The fraction of sp³-hybridized carbons (Fsp3) is 0.550. The van der Waals surface area contributed by atoms with E-state index < -0.39 is 5.54 Å². The average molecular weight is 414 g/mol. The van der Waals surface area contributed by atoms with Crippen LogP contribution >= 0.6 is 0 Å². The number of rotatable bonds is 4. The number of nitrogens with zero attached hydrogens (tertiary/aromatic N) is 5. The molecule has 4 heterocycles. The first-order valence-corrected chi connectivity index (χ1v) is 10.1. The molecule has 0 atom stereocenters. The monoisotopic (exact) mass is 414 g/mol. The molecule has 160 valence electrons. The molecule has 2 aromatic heterocycles. The minimum Gasteiger partial charge on any atom is -0.355 e. The number of aryl methyl sites for hydroxylation is 1. The van der Waals surface area contributed by atoms with E-state index in [4.69, 9.17) is 4.52 Å². The highest BCUT2D eigenvalue weighted by Gasteiger charge is 2.54. The van der Waals surface area contributed by atoms with Crippen molar-refractivity contribution in [3.8, 4) is 11.3 Å². The standard InChI is InChI=1S/C20H26N6O4/c1-12(2)11-26-19(29)22-18(28)20(26)5-7-25(8-6-20)17(27)15-9-16(30-23-15)14-10-21-24(4)13(14)3/h9-10,12H,5-8,11H2,1-4H3,(H,22,28,29). The molecule has 2 saturated heterocycles. The number of likely N-dealkylation sites (tertiary alicyclic amines) is 1. The molecule has 0 aliphatic carbocycles. The normalized spacial score (nSPS) is 18.6. The third-order valence-electron chi connectivity index (χ3n) is 6.06. The van der Waals surface area contributed by atoms with Crippen molar-refractivity contribution in [1.29, 1.82) is 0 Å². The molecule has 2 aliphatic heterocycles. The van der Waals surface area contributed by atoms with Crippen LogP contribution in [-0.2, 0) is 11.8 Å². The molecule has 10 heteroatoms. The number of carbonyl (C=O) groups excluding carboxylic acids is 3. The van der Waals surface area contributed by atoms with Crippen LogP contribution in [0.3, 0.4) is 0 Å². The summed E-state index contributed by atoms with van der Waals surface area (Å²) in [4.78, 5) is 41.1. The predicted molar refractivity (Wildman–Crippen MR) is 106 cm³/mol. The Balaban J connectivity index is 1.48. The van der Waals surface area contributed by atoms with Crippen molar-refractivity contribution >= 4 is 17.8 Å². The second kappa shape index (κ2) is 7.26. The second-order valence-corrected chi connectivity index (χ2v) is 8.43. The van der Waals surface area contributed by atoms with Gasteiger partial charge in [0.15, 0.2) is 11.5 Å². The number of carbonyl (C=O) groups is 3. The van der Waals surface area contributed by atoms with Gasteiger partial charge >= 0.3 is 6.03 Å². The number of urea groups is 1. The zero-order chi connectivity index (χ0) is 21.6. The third-order valence-corrected chi connectivity index (χ3v) is 6.06. The molecule has 10 nitrogen and oxygen atoms in total. The summed E-state index contributed by atoms with van der Waals surface area (Å²) in [5, 5.41) is 10.6. The van der Waals surface area contributed by atoms with E-state index in [1.165, 1.54) is 0 Å². The summed E-state index contributed by atoms with van der Waals surface area (Å²) in [7, 11) is 1.83. The van der Waals surface area contributed by atoms with Crippen LogP contribution < -0.4 is 5.32 Å². The first-order valence-electron chi connectivity index (χ1n) is 10.1. The molecule has 1 N–H and O–H groups in total. The zero-order valence-corrected chi connectivity index (χ0v) is 17.6. The van der Waals surface area contributed by atoms with E-state index >= 15 is 0 Å². The Morgan fingerprint density at radius 2 is 2.00 bits per heavy atom. The molecule has 4 amide bonds. The van der Waals surface area contributed by atoms with Gasteiger partial charge in [0.2, 0.25) is 0 Å². The molecule has 0 bridgehead atoms. The average Bonchev–Trinajstić information content (AvgIpc) is 3.37. The Kier molecular flexibility index (Phi) is 4.87. The molecular formula is C20H26N6O4. The van der Waals surface area contributed by atoms with E-state index in [0.717, 1.165) is 11.3 Å². The number of hydrogen-bond acceptors (Lipinski definition) is 6. The van der Waals surface area contributed by atoms with Gasteiger partial charge in [0.25, 0.3) is 11.8 Å². The molecule has 2 aromatic rings. The molecule has 2 aliphatic rings. The summed E-state index contributed by atoms with van der Waals surface area (Å²) in [5.41, 5.74) is 1.04. The number of aromatic nitrogens is 3. The number of hydrogen-bond donors (Lipinski definition) is 1. The van der Waals surface area contributed by atoms with Gasteiger partial charge < -0.3 is 14.3 Å². The molecule has 30 heavy (non-hydrogen) atoms. The lowest BCUT2D eigenvalue weighted by Gasteiger charge is -2.42. The fourth-order valence-corrected chi connectivity index (χ4v) is 4.20. The number of nitrogens with one attached hydrogen (secondary N) is 1. The van der Waals surface area contributed by atoms with Gasteiger partial charge in [0, 0.05) is 38.4 Å². The Morgan fingerprint density at radius 3 is 2.60 bits per heavy atom. The smallest absolute Gasteiger partial charge is 0.325 e. The summed E-state index contributed by atoms with van der Waals surface area (Å²) in [6.45, 7) is 7.16. The zero-order valence-electron chi connectivity index (χ0n) is 17.6. The van der Waals surface area contributed by atoms with Crippen molar-refractivity contribution in [1.82, 2.24) is 30.1 Å². The lowest BCUT2D eigenvalue weighted by atomic mass is 9.85. The Morgan fingerprint density at radius 1 is 1.30 bits per heavy atom. The lowest BCUT2D eigenvalue weighted by Crippen LogP contribution is -2.58. The van der Waals surface area contributed by atoms with Crippen molar-refractivity contribution in [2.75, 3.05) is 19.6 Å². The minimum absolute atomic E-state index is 0.218. The van der Waals surface area contributed by atoms with Crippen LogP contribution in [0.15, 0.2) is 16.8 Å². The quantitative estimate of drug-likeness (QED) is 0.760. The third kappa shape index (κ3) is 3.16. The van der Waals surface area contributed by atoms with E-state index in [1.807, 2.05) is 27.8 Å². The van der Waals surface area contributed by atoms with Crippen molar-refractivity contribution < 1.29 is 18.9 Å². The van der Waals surface area contributed by atoms with Gasteiger partial charge in [0.05, 0.1) is 11.8 Å². The summed E-state index contributed by atoms with van der Waals surface area (Å²) in [6, 6.07) is 1.27. The van der Waals surface area contributed by atoms with E-state index in [-0.39, 0.29) is 29.5 Å².